The Hall–Kier alpha value is -1.39. The number of carbonyl (C=O) groups is 1. The van der Waals surface area contributed by atoms with E-state index in [1.54, 1.807) is 0 Å². The SMILES string of the molecule is CC1CN(Cc2ccccc2CC(=O)O)CC1N. The second-order valence-electron chi connectivity index (χ2n) is 5.17. The van der Waals surface area contributed by atoms with Gasteiger partial charge in [-0.05, 0) is 17.0 Å². The zero-order chi connectivity index (χ0) is 13.1. The quantitative estimate of drug-likeness (QED) is 0.837. The van der Waals surface area contributed by atoms with Crippen LogP contribution in [0, 0.1) is 5.92 Å². The molecule has 4 nitrogen and oxygen atoms in total. The van der Waals surface area contributed by atoms with E-state index in [1.165, 1.54) is 0 Å². The molecule has 0 bridgehead atoms. The van der Waals surface area contributed by atoms with E-state index in [1.807, 2.05) is 24.3 Å². The molecule has 0 aromatic heterocycles. The van der Waals surface area contributed by atoms with Crippen molar-refractivity contribution in [2.45, 2.75) is 25.9 Å². The van der Waals surface area contributed by atoms with E-state index in [9.17, 15) is 4.79 Å². The van der Waals surface area contributed by atoms with Crippen LogP contribution in [-0.4, -0.2) is 35.1 Å². The first-order valence-electron chi connectivity index (χ1n) is 6.32. The summed E-state index contributed by atoms with van der Waals surface area (Å²) in [6.45, 7) is 4.83. The normalized spacial score (nSPS) is 24.3. The summed E-state index contributed by atoms with van der Waals surface area (Å²) >= 11 is 0. The Labute approximate surface area is 107 Å². The van der Waals surface area contributed by atoms with E-state index >= 15 is 0 Å². The number of rotatable bonds is 4. The molecule has 0 spiro atoms. The highest BCUT2D eigenvalue weighted by Crippen LogP contribution is 2.19. The largest absolute Gasteiger partial charge is 0.481 e. The topological polar surface area (TPSA) is 66.6 Å². The minimum atomic E-state index is -0.783. The number of benzene rings is 1. The highest BCUT2D eigenvalue weighted by molar-refractivity contribution is 5.70. The number of nitrogens with two attached hydrogens (primary N) is 1. The minimum absolute atomic E-state index is 0.0889. The van der Waals surface area contributed by atoms with Crippen molar-refractivity contribution in [2.75, 3.05) is 13.1 Å². The van der Waals surface area contributed by atoms with Crippen LogP contribution in [0.15, 0.2) is 24.3 Å². The molecule has 1 saturated heterocycles. The molecule has 98 valence electrons. The van der Waals surface area contributed by atoms with Crippen molar-refractivity contribution in [3.8, 4) is 0 Å². The molecule has 1 aromatic carbocycles. The molecule has 1 fully saturated rings. The van der Waals surface area contributed by atoms with Crippen LogP contribution in [0.1, 0.15) is 18.1 Å². The lowest BCUT2D eigenvalue weighted by Gasteiger charge is -2.17. The standard InChI is InChI=1S/C14H20N2O2/c1-10-7-16(9-13(10)15)8-12-5-3-2-4-11(12)6-14(17)18/h2-5,10,13H,6-9,15H2,1H3,(H,17,18). The highest BCUT2D eigenvalue weighted by Gasteiger charge is 2.26. The second-order valence-corrected chi connectivity index (χ2v) is 5.17. The van der Waals surface area contributed by atoms with E-state index in [0.29, 0.717) is 5.92 Å². The van der Waals surface area contributed by atoms with Gasteiger partial charge in [-0.1, -0.05) is 31.2 Å². The summed E-state index contributed by atoms with van der Waals surface area (Å²) in [6, 6.07) is 7.98. The first-order chi connectivity index (χ1) is 8.56. The highest BCUT2D eigenvalue weighted by atomic mass is 16.4. The first kappa shape index (κ1) is 13.1. The fourth-order valence-corrected chi connectivity index (χ4v) is 2.51. The summed E-state index contributed by atoms with van der Waals surface area (Å²) in [6.07, 6.45) is 0.0889. The molecular formula is C14H20N2O2. The van der Waals surface area contributed by atoms with Crippen molar-refractivity contribution in [1.29, 1.82) is 0 Å². The maximum atomic E-state index is 10.8. The fraction of sp³-hybridized carbons (Fsp3) is 0.500. The summed E-state index contributed by atoms with van der Waals surface area (Å²) in [5, 5.41) is 8.90. The molecule has 4 heteroatoms. The van der Waals surface area contributed by atoms with Gasteiger partial charge in [0.1, 0.15) is 0 Å². The van der Waals surface area contributed by atoms with Gasteiger partial charge in [0.05, 0.1) is 6.42 Å². The van der Waals surface area contributed by atoms with Crippen LogP contribution in [0.25, 0.3) is 0 Å². The molecule has 1 aliphatic rings. The molecule has 0 aliphatic carbocycles. The van der Waals surface area contributed by atoms with E-state index in [4.69, 9.17) is 10.8 Å². The Morgan fingerprint density at radius 3 is 2.61 bits per heavy atom. The fourth-order valence-electron chi connectivity index (χ4n) is 2.51. The summed E-state index contributed by atoms with van der Waals surface area (Å²) in [5.41, 5.74) is 8.00. The van der Waals surface area contributed by atoms with Crippen molar-refractivity contribution in [1.82, 2.24) is 4.90 Å². The number of carboxylic acid groups (broad SMARTS) is 1. The van der Waals surface area contributed by atoms with Crippen LogP contribution in [0.3, 0.4) is 0 Å². The van der Waals surface area contributed by atoms with Crippen molar-refractivity contribution >= 4 is 5.97 Å². The molecule has 2 atom stereocenters. The van der Waals surface area contributed by atoms with Gasteiger partial charge >= 0.3 is 5.97 Å². The molecule has 2 unspecified atom stereocenters. The monoisotopic (exact) mass is 248 g/mol. The molecule has 0 radical (unpaired) electrons. The molecular weight excluding hydrogens is 228 g/mol. The Morgan fingerprint density at radius 1 is 1.39 bits per heavy atom. The minimum Gasteiger partial charge on any atom is -0.481 e. The van der Waals surface area contributed by atoms with Gasteiger partial charge in [0.15, 0.2) is 0 Å². The molecule has 1 heterocycles. The molecule has 1 aromatic rings. The van der Waals surface area contributed by atoms with E-state index < -0.39 is 5.97 Å². The number of hydrogen-bond donors (Lipinski definition) is 2. The predicted molar refractivity (Wildman–Crippen MR) is 70.2 cm³/mol. The Kier molecular flexibility index (Phi) is 3.99. The first-order valence-corrected chi connectivity index (χ1v) is 6.32. The lowest BCUT2D eigenvalue weighted by molar-refractivity contribution is -0.136. The Balaban J connectivity index is 2.07. The lowest BCUT2D eigenvalue weighted by Crippen LogP contribution is -2.28. The maximum absolute atomic E-state index is 10.8. The van der Waals surface area contributed by atoms with Gasteiger partial charge in [-0.25, -0.2) is 0 Å². The smallest absolute Gasteiger partial charge is 0.307 e. The summed E-state index contributed by atoms with van der Waals surface area (Å²) in [4.78, 5) is 13.1. The predicted octanol–water partition coefficient (Wildman–Crippen LogP) is 1.09. The average Bonchev–Trinajstić information content (AvgIpc) is 2.60. The Bertz CT molecular complexity index is 424. The van der Waals surface area contributed by atoms with Crippen LogP contribution >= 0.6 is 0 Å². The van der Waals surface area contributed by atoms with Gasteiger partial charge in [-0.15, -0.1) is 0 Å². The van der Waals surface area contributed by atoms with E-state index in [2.05, 4.69) is 11.8 Å². The number of aliphatic carboxylic acids is 1. The lowest BCUT2D eigenvalue weighted by atomic mass is 10.0. The Morgan fingerprint density at radius 2 is 2.06 bits per heavy atom. The van der Waals surface area contributed by atoms with Gasteiger partial charge < -0.3 is 10.8 Å². The molecule has 0 saturated carbocycles. The van der Waals surface area contributed by atoms with Crippen LogP contribution < -0.4 is 5.73 Å². The van der Waals surface area contributed by atoms with Crippen molar-refractivity contribution in [3.05, 3.63) is 35.4 Å². The van der Waals surface area contributed by atoms with E-state index in [-0.39, 0.29) is 12.5 Å². The zero-order valence-electron chi connectivity index (χ0n) is 10.7. The number of nitrogens with zero attached hydrogens (tertiary/aromatic N) is 1. The van der Waals surface area contributed by atoms with Gasteiger partial charge in [-0.3, -0.25) is 9.69 Å². The molecule has 0 amide bonds. The summed E-state index contributed by atoms with van der Waals surface area (Å²) < 4.78 is 0. The van der Waals surface area contributed by atoms with Gasteiger partial charge in [0, 0.05) is 25.7 Å². The number of likely N-dealkylation sites (tertiary alicyclic amines) is 1. The van der Waals surface area contributed by atoms with Crippen molar-refractivity contribution < 1.29 is 9.90 Å². The van der Waals surface area contributed by atoms with Gasteiger partial charge in [0.2, 0.25) is 0 Å². The van der Waals surface area contributed by atoms with Crippen LogP contribution in [-0.2, 0) is 17.8 Å². The molecule has 2 rings (SSSR count). The molecule has 3 N–H and O–H groups in total. The van der Waals surface area contributed by atoms with Crippen molar-refractivity contribution in [2.24, 2.45) is 11.7 Å². The summed E-state index contributed by atoms with van der Waals surface area (Å²) in [7, 11) is 0. The third kappa shape index (κ3) is 3.09. The van der Waals surface area contributed by atoms with Gasteiger partial charge in [-0.2, -0.15) is 0 Å². The maximum Gasteiger partial charge on any atom is 0.307 e. The second kappa shape index (κ2) is 5.50. The average molecular weight is 248 g/mol. The van der Waals surface area contributed by atoms with Gasteiger partial charge in [0.25, 0.3) is 0 Å². The number of carboxylic acids is 1. The zero-order valence-corrected chi connectivity index (χ0v) is 10.7. The van der Waals surface area contributed by atoms with Crippen molar-refractivity contribution in [3.63, 3.8) is 0 Å². The third-order valence-electron chi connectivity index (χ3n) is 3.60. The summed E-state index contributed by atoms with van der Waals surface area (Å²) in [5.74, 6) is -0.273. The van der Waals surface area contributed by atoms with Crippen LogP contribution in [0.5, 0.6) is 0 Å². The van der Waals surface area contributed by atoms with E-state index in [0.717, 1.165) is 30.8 Å². The third-order valence-corrected chi connectivity index (χ3v) is 3.60. The van der Waals surface area contributed by atoms with Crippen LogP contribution in [0.2, 0.25) is 0 Å². The number of hydrogen-bond acceptors (Lipinski definition) is 3. The molecule has 1 aliphatic heterocycles. The van der Waals surface area contributed by atoms with Crippen LogP contribution in [0.4, 0.5) is 0 Å². The molecule has 18 heavy (non-hydrogen) atoms.